The van der Waals surface area contributed by atoms with Gasteiger partial charge in [0.25, 0.3) is 5.91 Å². The van der Waals surface area contributed by atoms with Gasteiger partial charge in [0.05, 0.1) is 16.9 Å². The van der Waals surface area contributed by atoms with Crippen LogP contribution in [-0.2, 0) is 11.3 Å². The first-order chi connectivity index (χ1) is 12.6. The molecule has 0 spiro atoms. The number of nitrogens with zero attached hydrogens (tertiary/aromatic N) is 1. The van der Waals surface area contributed by atoms with Gasteiger partial charge in [0.2, 0.25) is 0 Å². The first-order valence-corrected chi connectivity index (χ1v) is 8.44. The van der Waals surface area contributed by atoms with E-state index < -0.39 is 0 Å². The number of fused-ring (bicyclic) bond motifs is 1. The largest absolute Gasteiger partial charge is 0.405 e. The number of hydrogen-bond donors (Lipinski definition) is 3. The van der Waals surface area contributed by atoms with E-state index in [1.54, 1.807) is 0 Å². The first-order valence-electron chi connectivity index (χ1n) is 8.06. The minimum atomic E-state index is -0.377. The lowest BCUT2D eigenvalue weighted by Gasteiger charge is -2.05. The molecular weight excluding hydrogens is 348 g/mol. The zero-order chi connectivity index (χ0) is 18.5. The van der Waals surface area contributed by atoms with E-state index in [0.717, 1.165) is 16.5 Å². The van der Waals surface area contributed by atoms with Crippen LogP contribution in [0.2, 0.25) is 5.02 Å². The van der Waals surface area contributed by atoms with Crippen molar-refractivity contribution in [2.45, 2.75) is 6.54 Å². The molecule has 0 aliphatic heterocycles. The number of amides is 1. The molecule has 0 aliphatic carbocycles. The van der Waals surface area contributed by atoms with Gasteiger partial charge in [-0.15, -0.1) is 0 Å². The summed E-state index contributed by atoms with van der Waals surface area (Å²) in [5.41, 5.74) is 13.9. The molecule has 0 bridgehead atoms. The maximum Gasteiger partial charge on any atom is 0.271 e. The van der Waals surface area contributed by atoms with Gasteiger partial charge in [-0.3, -0.25) is 4.79 Å². The number of rotatable bonds is 5. The van der Waals surface area contributed by atoms with E-state index in [1.165, 1.54) is 18.4 Å². The second-order valence-corrected chi connectivity index (χ2v) is 6.21. The van der Waals surface area contributed by atoms with Crippen LogP contribution in [0.15, 0.2) is 78.8 Å². The molecule has 0 atom stereocenters. The molecule has 132 valence electrons. The Bertz CT molecular complexity index is 987. The highest BCUT2D eigenvalue weighted by Gasteiger charge is 2.12. The van der Waals surface area contributed by atoms with E-state index in [4.69, 9.17) is 23.1 Å². The molecule has 0 fully saturated rings. The number of nitrogens with two attached hydrogens (primary N) is 2. The van der Waals surface area contributed by atoms with Gasteiger partial charge in [0, 0.05) is 23.2 Å². The molecule has 0 aliphatic rings. The van der Waals surface area contributed by atoms with Gasteiger partial charge in [-0.2, -0.15) is 0 Å². The van der Waals surface area contributed by atoms with Gasteiger partial charge in [0.15, 0.2) is 0 Å². The lowest BCUT2D eigenvalue weighted by atomic mass is 10.2. The number of para-hydroxylation sites is 1. The highest BCUT2D eigenvalue weighted by atomic mass is 35.5. The van der Waals surface area contributed by atoms with Crippen molar-refractivity contribution in [2.75, 3.05) is 5.32 Å². The number of nitrogens with one attached hydrogen (secondary N) is 1. The average molecular weight is 367 g/mol. The van der Waals surface area contributed by atoms with Gasteiger partial charge in [0.1, 0.15) is 0 Å². The van der Waals surface area contributed by atoms with Crippen LogP contribution in [0.1, 0.15) is 5.56 Å². The van der Waals surface area contributed by atoms with E-state index in [0.29, 0.717) is 17.3 Å². The molecule has 5 N–H and O–H groups in total. The maximum atomic E-state index is 12.3. The Morgan fingerprint density at radius 2 is 1.88 bits per heavy atom. The van der Waals surface area contributed by atoms with Gasteiger partial charge in [-0.25, -0.2) is 0 Å². The number of carbonyl (C=O) groups excluding carboxylic acids is 1. The SMILES string of the molecule is N/C=C\C=C(/N)C(=O)Nc1cn(Cc2ccc(Cl)cc2)c2ccccc12. The van der Waals surface area contributed by atoms with Crippen molar-refractivity contribution in [3.05, 3.63) is 89.4 Å². The summed E-state index contributed by atoms with van der Waals surface area (Å²) in [6.07, 6.45) is 6.20. The highest BCUT2D eigenvalue weighted by Crippen LogP contribution is 2.27. The molecule has 3 rings (SSSR count). The Morgan fingerprint density at radius 1 is 1.15 bits per heavy atom. The predicted octanol–water partition coefficient (Wildman–Crippen LogP) is 3.60. The van der Waals surface area contributed by atoms with E-state index in [-0.39, 0.29) is 11.6 Å². The van der Waals surface area contributed by atoms with Crippen molar-refractivity contribution < 1.29 is 4.79 Å². The molecule has 5 nitrogen and oxygen atoms in total. The second-order valence-electron chi connectivity index (χ2n) is 5.78. The molecule has 3 aromatic rings. The fourth-order valence-corrected chi connectivity index (χ4v) is 2.82. The van der Waals surface area contributed by atoms with Crippen LogP contribution in [0.25, 0.3) is 10.9 Å². The Morgan fingerprint density at radius 3 is 2.62 bits per heavy atom. The summed E-state index contributed by atoms with van der Waals surface area (Å²) in [5.74, 6) is -0.377. The van der Waals surface area contributed by atoms with E-state index >= 15 is 0 Å². The van der Waals surface area contributed by atoms with E-state index in [9.17, 15) is 4.79 Å². The normalized spacial score (nSPS) is 12.0. The molecule has 0 radical (unpaired) electrons. The van der Waals surface area contributed by atoms with Crippen molar-refractivity contribution in [3.63, 3.8) is 0 Å². The Balaban J connectivity index is 1.92. The van der Waals surface area contributed by atoms with Gasteiger partial charge < -0.3 is 21.4 Å². The summed E-state index contributed by atoms with van der Waals surface area (Å²) >= 11 is 5.95. The predicted molar refractivity (Wildman–Crippen MR) is 107 cm³/mol. The summed E-state index contributed by atoms with van der Waals surface area (Å²) in [6, 6.07) is 15.6. The highest BCUT2D eigenvalue weighted by molar-refractivity contribution is 6.30. The zero-order valence-electron chi connectivity index (χ0n) is 14.0. The average Bonchev–Trinajstić information content (AvgIpc) is 2.99. The standard InChI is InChI=1S/C20H19ClN4O/c21-15-9-7-14(8-10-15)12-25-13-18(16-4-1-2-6-19(16)25)24-20(26)17(23)5-3-11-22/h1-11,13H,12,22-23H2,(H,24,26)/b11-3-,17-5-. The third-order valence-electron chi connectivity index (χ3n) is 3.95. The van der Waals surface area contributed by atoms with Crippen LogP contribution in [0.4, 0.5) is 5.69 Å². The number of hydrogen-bond acceptors (Lipinski definition) is 3. The van der Waals surface area contributed by atoms with Crippen molar-refractivity contribution in [1.29, 1.82) is 0 Å². The lowest BCUT2D eigenvalue weighted by Crippen LogP contribution is -2.19. The fourth-order valence-electron chi connectivity index (χ4n) is 2.69. The topological polar surface area (TPSA) is 86.1 Å². The molecule has 26 heavy (non-hydrogen) atoms. The summed E-state index contributed by atoms with van der Waals surface area (Å²) in [7, 11) is 0. The van der Waals surface area contributed by atoms with Crippen LogP contribution in [0.5, 0.6) is 0 Å². The van der Waals surface area contributed by atoms with Crippen molar-refractivity contribution in [2.24, 2.45) is 11.5 Å². The van der Waals surface area contributed by atoms with Gasteiger partial charge >= 0.3 is 0 Å². The number of anilines is 1. The number of carbonyl (C=O) groups is 1. The van der Waals surface area contributed by atoms with Crippen LogP contribution < -0.4 is 16.8 Å². The quantitative estimate of drug-likeness (QED) is 0.476. The molecule has 0 unspecified atom stereocenters. The summed E-state index contributed by atoms with van der Waals surface area (Å²) < 4.78 is 2.08. The first kappa shape index (κ1) is 17.6. The molecule has 1 heterocycles. The van der Waals surface area contributed by atoms with Crippen molar-refractivity contribution in [3.8, 4) is 0 Å². The molecule has 2 aromatic carbocycles. The number of halogens is 1. The zero-order valence-corrected chi connectivity index (χ0v) is 14.8. The Labute approximate surface area is 156 Å². The summed E-state index contributed by atoms with van der Waals surface area (Å²) in [6.45, 7) is 0.661. The molecule has 0 saturated heterocycles. The smallest absolute Gasteiger partial charge is 0.271 e. The monoisotopic (exact) mass is 366 g/mol. The third-order valence-corrected chi connectivity index (χ3v) is 4.20. The van der Waals surface area contributed by atoms with Crippen molar-refractivity contribution >= 4 is 34.1 Å². The number of benzene rings is 2. The van der Waals surface area contributed by atoms with Gasteiger partial charge in [-0.1, -0.05) is 41.9 Å². The molecule has 0 saturated carbocycles. The minimum absolute atomic E-state index is 0.0845. The molecule has 1 amide bonds. The lowest BCUT2D eigenvalue weighted by molar-refractivity contribution is -0.112. The number of allylic oxidation sites excluding steroid dienone is 2. The summed E-state index contributed by atoms with van der Waals surface area (Å²) in [4.78, 5) is 12.3. The van der Waals surface area contributed by atoms with Crippen LogP contribution >= 0.6 is 11.6 Å². The molecule has 1 aromatic heterocycles. The minimum Gasteiger partial charge on any atom is -0.405 e. The Kier molecular flexibility index (Phi) is 5.29. The molecule has 6 heteroatoms. The Hall–Kier alpha value is -3.18. The summed E-state index contributed by atoms with van der Waals surface area (Å²) in [5, 5.41) is 4.50. The van der Waals surface area contributed by atoms with Crippen LogP contribution in [0.3, 0.4) is 0 Å². The van der Waals surface area contributed by atoms with E-state index in [1.807, 2.05) is 54.7 Å². The second kappa shape index (κ2) is 7.80. The van der Waals surface area contributed by atoms with Crippen LogP contribution in [-0.4, -0.2) is 10.5 Å². The third kappa shape index (κ3) is 3.90. The van der Waals surface area contributed by atoms with Crippen LogP contribution in [0, 0.1) is 0 Å². The number of aromatic nitrogens is 1. The molecular formula is C20H19ClN4O. The van der Waals surface area contributed by atoms with E-state index in [2.05, 4.69) is 9.88 Å². The fraction of sp³-hybridized carbons (Fsp3) is 0.0500. The maximum absolute atomic E-state index is 12.3. The van der Waals surface area contributed by atoms with Crippen molar-refractivity contribution in [1.82, 2.24) is 4.57 Å². The van der Waals surface area contributed by atoms with Gasteiger partial charge in [-0.05, 0) is 42.1 Å².